The lowest BCUT2D eigenvalue weighted by Crippen LogP contribution is -2.46. The molecule has 1 aromatic heterocycles. The molecule has 0 spiro atoms. The highest BCUT2D eigenvalue weighted by molar-refractivity contribution is 5.96. The van der Waals surface area contributed by atoms with Crippen molar-refractivity contribution in [2.75, 3.05) is 44.0 Å². The van der Waals surface area contributed by atoms with Gasteiger partial charge in [0, 0.05) is 26.3 Å². The van der Waals surface area contributed by atoms with Crippen molar-refractivity contribution < 1.29 is 9.53 Å². The van der Waals surface area contributed by atoms with E-state index in [1.54, 1.807) is 7.11 Å². The summed E-state index contributed by atoms with van der Waals surface area (Å²) in [6.07, 6.45) is 3.70. The molecule has 9 nitrogen and oxygen atoms in total. The maximum atomic E-state index is 13.5. The van der Waals surface area contributed by atoms with Gasteiger partial charge in [0.25, 0.3) is 5.56 Å². The van der Waals surface area contributed by atoms with Crippen molar-refractivity contribution in [2.45, 2.75) is 52.1 Å². The maximum Gasteiger partial charge on any atom is 0.330 e. The van der Waals surface area contributed by atoms with E-state index in [1.165, 1.54) is 9.47 Å². The number of benzene rings is 1. The van der Waals surface area contributed by atoms with Crippen LogP contribution in [-0.2, 0) is 16.1 Å². The van der Waals surface area contributed by atoms with E-state index in [2.05, 4.69) is 23.7 Å². The molecule has 1 heterocycles. The van der Waals surface area contributed by atoms with Crippen molar-refractivity contribution >= 4 is 17.4 Å². The zero-order chi connectivity index (χ0) is 24.7. The van der Waals surface area contributed by atoms with Gasteiger partial charge in [0.2, 0.25) is 5.91 Å². The molecule has 34 heavy (non-hydrogen) atoms. The number of nitrogens with two attached hydrogens (primary N) is 1. The molecule has 0 radical (unpaired) electrons. The van der Waals surface area contributed by atoms with E-state index in [9.17, 15) is 14.4 Å². The van der Waals surface area contributed by atoms with E-state index < -0.39 is 11.2 Å². The first kappa shape index (κ1) is 25.7. The average Bonchev–Trinajstić information content (AvgIpc) is 3.64. The Morgan fingerprint density at radius 2 is 1.91 bits per heavy atom. The number of carbonyl (C=O) groups excluding carboxylic acids is 1. The third kappa shape index (κ3) is 6.80. The number of rotatable bonds is 13. The topological polar surface area (TPSA) is 114 Å². The van der Waals surface area contributed by atoms with Crippen LogP contribution in [0.1, 0.15) is 45.1 Å². The van der Waals surface area contributed by atoms with Crippen molar-refractivity contribution in [3.8, 4) is 0 Å². The van der Waals surface area contributed by atoms with E-state index >= 15 is 0 Å². The van der Waals surface area contributed by atoms with Crippen molar-refractivity contribution in [2.24, 2.45) is 5.92 Å². The first-order chi connectivity index (χ1) is 16.3. The molecule has 0 atom stereocenters. The zero-order valence-corrected chi connectivity index (χ0v) is 20.5. The molecule has 9 heteroatoms. The highest BCUT2D eigenvalue weighted by Crippen LogP contribution is 2.28. The fourth-order valence-corrected chi connectivity index (χ4v) is 4.00. The summed E-state index contributed by atoms with van der Waals surface area (Å²) in [4.78, 5) is 45.0. The molecule has 0 unspecified atom stereocenters. The number of ether oxygens (including phenoxy) is 1. The number of hydrogen-bond acceptors (Lipinski definition) is 6. The summed E-state index contributed by atoms with van der Waals surface area (Å²) in [5.74, 6) is 0.326. The van der Waals surface area contributed by atoms with Gasteiger partial charge >= 0.3 is 5.69 Å². The molecular weight excluding hydrogens is 434 g/mol. The molecule has 1 aliphatic rings. The lowest BCUT2D eigenvalue weighted by molar-refractivity contribution is -0.120. The van der Waals surface area contributed by atoms with Gasteiger partial charge in [-0.3, -0.25) is 24.0 Å². The van der Waals surface area contributed by atoms with Crippen LogP contribution in [0.5, 0.6) is 0 Å². The summed E-state index contributed by atoms with van der Waals surface area (Å²) in [6.45, 7) is 6.27. The number of aromatic nitrogens is 2. The largest absolute Gasteiger partial charge is 0.385 e. The van der Waals surface area contributed by atoms with Crippen LogP contribution in [0.15, 0.2) is 39.9 Å². The number of anilines is 2. The minimum absolute atomic E-state index is 0.0106. The Bertz CT molecular complexity index is 1060. The summed E-state index contributed by atoms with van der Waals surface area (Å²) in [6, 6.07) is 9.78. The molecule has 2 aromatic rings. The molecule has 1 saturated carbocycles. The van der Waals surface area contributed by atoms with E-state index in [1.807, 2.05) is 30.3 Å². The summed E-state index contributed by atoms with van der Waals surface area (Å²) in [7, 11) is 1.59. The summed E-state index contributed by atoms with van der Waals surface area (Å²) in [5.41, 5.74) is 6.01. The molecule has 0 bridgehead atoms. The number of aromatic amines is 1. The summed E-state index contributed by atoms with van der Waals surface area (Å²) < 4.78 is 6.47. The second kappa shape index (κ2) is 12.0. The van der Waals surface area contributed by atoms with E-state index in [4.69, 9.17) is 10.5 Å². The Morgan fingerprint density at radius 3 is 2.53 bits per heavy atom. The Balaban J connectivity index is 1.92. The predicted molar refractivity (Wildman–Crippen MR) is 134 cm³/mol. The van der Waals surface area contributed by atoms with Gasteiger partial charge in [0.05, 0.1) is 13.1 Å². The molecule has 0 aliphatic heterocycles. The van der Waals surface area contributed by atoms with Crippen molar-refractivity contribution in [3.05, 3.63) is 56.7 Å². The maximum absolute atomic E-state index is 13.5. The molecule has 3 rings (SSSR count). The minimum Gasteiger partial charge on any atom is -0.385 e. The molecule has 186 valence electrons. The number of H-pyrrole nitrogens is 1. The predicted octanol–water partition coefficient (Wildman–Crippen LogP) is 2.05. The number of amides is 1. The molecule has 1 amide bonds. The first-order valence-corrected chi connectivity index (χ1v) is 12.0. The van der Waals surface area contributed by atoms with E-state index in [0.717, 1.165) is 31.4 Å². The van der Waals surface area contributed by atoms with Gasteiger partial charge in [-0.1, -0.05) is 44.2 Å². The van der Waals surface area contributed by atoms with Crippen LogP contribution < -0.4 is 21.9 Å². The van der Waals surface area contributed by atoms with Crippen molar-refractivity contribution in [1.82, 2.24) is 14.5 Å². The quantitative estimate of drug-likeness (QED) is 0.432. The average molecular weight is 472 g/mol. The number of nitrogens with one attached hydrogen (secondary N) is 1. The smallest absolute Gasteiger partial charge is 0.330 e. The van der Waals surface area contributed by atoms with Gasteiger partial charge in [-0.15, -0.1) is 0 Å². The number of nitrogen functional groups attached to an aromatic ring is 1. The fraction of sp³-hybridized carbons (Fsp3) is 0.560. The molecule has 0 saturated heterocycles. The van der Waals surface area contributed by atoms with Crippen LogP contribution in [0.3, 0.4) is 0 Å². The Hall–Kier alpha value is -2.91. The standard InChI is InChI=1S/C25H37N5O4/c1-18(2)12-14-28(20-10-11-20)17-21(31)29(13-7-15-34-3)22-23(26)30(25(33)27-24(22)32)16-19-8-5-4-6-9-19/h4-6,8-9,18,20H,7,10-17,26H2,1-3H3,(H,27,32,33). The van der Waals surface area contributed by atoms with Gasteiger partial charge < -0.3 is 15.4 Å². The Kier molecular flexibility index (Phi) is 9.06. The number of methoxy groups -OCH3 is 1. The minimum atomic E-state index is -0.655. The molecule has 3 N–H and O–H groups in total. The fourth-order valence-electron chi connectivity index (χ4n) is 4.00. The zero-order valence-electron chi connectivity index (χ0n) is 20.5. The Labute approximate surface area is 200 Å². The monoisotopic (exact) mass is 471 g/mol. The second-order valence-corrected chi connectivity index (χ2v) is 9.34. The second-order valence-electron chi connectivity index (χ2n) is 9.34. The van der Waals surface area contributed by atoms with Crippen LogP contribution in [0.2, 0.25) is 0 Å². The van der Waals surface area contributed by atoms with Gasteiger partial charge in [-0.05, 0) is 43.7 Å². The normalized spacial score (nSPS) is 13.6. The van der Waals surface area contributed by atoms with E-state index in [0.29, 0.717) is 25.0 Å². The SMILES string of the molecule is COCCCN(C(=O)CN(CCC(C)C)C1CC1)c1c(N)n(Cc2ccccc2)c(=O)[nH]c1=O. The number of carbonyl (C=O) groups is 1. The third-order valence-electron chi connectivity index (χ3n) is 6.09. The molecule has 1 fully saturated rings. The lowest BCUT2D eigenvalue weighted by atomic mass is 10.1. The van der Waals surface area contributed by atoms with Crippen molar-refractivity contribution in [1.29, 1.82) is 0 Å². The first-order valence-electron chi connectivity index (χ1n) is 12.0. The van der Waals surface area contributed by atoms with Gasteiger partial charge in [-0.2, -0.15) is 0 Å². The highest BCUT2D eigenvalue weighted by atomic mass is 16.5. The van der Waals surface area contributed by atoms with E-state index in [-0.39, 0.29) is 37.0 Å². The van der Waals surface area contributed by atoms with Gasteiger partial charge in [-0.25, -0.2) is 4.79 Å². The highest BCUT2D eigenvalue weighted by Gasteiger charge is 2.32. The Morgan fingerprint density at radius 1 is 1.21 bits per heavy atom. The third-order valence-corrected chi connectivity index (χ3v) is 6.09. The molecule has 1 aliphatic carbocycles. The van der Waals surface area contributed by atoms with Crippen LogP contribution in [-0.4, -0.2) is 59.8 Å². The molecular formula is C25H37N5O4. The number of nitrogens with zero attached hydrogens (tertiary/aromatic N) is 3. The van der Waals surface area contributed by atoms with Gasteiger partial charge in [0.15, 0.2) is 5.69 Å². The van der Waals surface area contributed by atoms with Crippen LogP contribution in [0, 0.1) is 5.92 Å². The van der Waals surface area contributed by atoms with Crippen LogP contribution in [0.25, 0.3) is 0 Å². The summed E-state index contributed by atoms with van der Waals surface area (Å²) in [5, 5.41) is 0. The van der Waals surface area contributed by atoms with Crippen molar-refractivity contribution in [3.63, 3.8) is 0 Å². The van der Waals surface area contributed by atoms with Crippen LogP contribution >= 0.6 is 0 Å². The number of hydrogen-bond donors (Lipinski definition) is 2. The van der Waals surface area contributed by atoms with Gasteiger partial charge in [0.1, 0.15) is 5.82 Å². The summed E-state index contributed by atoms with van der Waals surface area (Å²) >= 11 is 0. The lowest BCUT2D eigenvalue weighted by Gasteiger charge is -2.28. The molecule has 1 aromatic carbocycles. The van der Waals surface area contributed by atoms with Crippen LogP contribution in [0.4, 0.5) is 11.5 Å².